The Balaban J connectivity index is 1.73. The van der Waals surface area contributed by atoms with Crippen molar-refractivity contribution in [3.05, 3.63) is 92.9 Å². The zero-order valence-electron chi connectivity index (χ0n) is 13.9. The third-order valence-electron chi connectivity index (χ3n) is 3.86. The fourth-order valence-corrected chi connectivity index (χ4v) is 3.15. The van der Waals surface area contributed by atoms with E-state index >= 15 is 0 Å². The summed E-state index contributed by atoms with van der Waals surface area (Å²) in [4.78, 5) is 0. The average Bonchev–Trinajstić information content (AvgIpc) is 2.60. The molecule has 0 fully saturated rings. The molecule has 0 amide bonds. The summed E-state index contributed by atoms with van der Waals surface area (Å²) in [5, 5.41) is 4.17. The molecular formula is C21H19BrClNO. The van der Waals surface area contributed by atoms with Crippen LogP contribution in [0.4, 0.5) is 5.69 Å². The van der Waals surface area contributed by atoms with E-state index in [1.807, 2.05) is 42.5 Å². The molecule has 0 aromatic heterocycles. The van der Waals surface area contributed by atoms with Gasteiger partial charge in [-0.2, -0.15) is 0 Å². The van der Waals surface area contributed by atoms with E-state index in [2.05, 4.69) is 52.4 Å². The smallest absolute Gasteiger partial charge is 0.124 e. The molecule has 4 heteroatoms. The molecule has 0 saturated carbocycles. The van der Waals surface area contributed by atoms with Crippen LogP contribution in [0.5, 0.6) is 5.75 Å². The highest BCUT2D eigenvalue weighted by atomic mass is 79.9. The highest BCUT2D eigenvalue weighted by Crippen LogP contribution is 2.26. The highest BCUT2D eigenvalue weighted by molar-refractivity contribution is 9.10. The molecule has 3 aromatic carbocycles. The lowest BCUT2D eigenvalue weighted by Gasteiger charge is -2.14. The fourth-order valence-electron chi connectivity index (χ4n) is 2.55. The molecule has 0 aliphatic carbocycles. The number of nitrogens with one attached hydrogen (secondary N) is 1. The predicted molar refractivity (Wildman–Crippen MR) is 108 cm³/mol. The summed E-state index contributed by atoms with van der Waals surface area (Å²) in [6.07, 6.45) is 0. The summed E-state index contributed by atoms with van der Waals surface area (Å²) in [7, 11) is 0. The first-order chi connectivity index (χ1) is 12.1. The Labute approximate surface area is 161 Å². The number of rotatable bonds is 6. The van der Waals surface area contributed by atoms with Gasteiger partial charge in [0.2, 0.25) is 0 Å². The second-order valence-electron chi connectivity index (χ2n) is 5.86. The van der Waals surface area contributed by atoms with Gasteiger partial charge in [0.15, 0.2) is 0 Å². The van der Waals surface area contributed by atoms with Crippen molar-refractivity contribution in [3.63, 3.8) is 0 Å². The van der Waals surface area contributed by atoms with Gasteiger partial charge in [0.1, 0.15) is 12.4 Å². The number of hydrogen-bond donors (Lipinski definition) is 1. The van der Waals surface area contributed by atoms with Crippen molar-refractivity contribution in [3.8, 4) is 5.75 Å². The first-order valence-corrected chi connectivity index (χ1v) is 9.24. The summed E-state index contributed by atoms with van der Waals surface area (Å²) in [6, 6.07) is 22.1. The largest absolute Gasteiger partial charge is 0.488 e. The van der Waals surface area contributed by atoms with Crippen molar-refractivity contribution >= 4 is 33.2 Å². The summed E-state index contributed by atoms with van der Waals surface area (Å²) in [6.45, 7) is 3.21. The molecule has 0 aliphatic rings. The van der Waals surface area contributed by atoms with Gasteiger partial charge in [-0.25, -0.2) is 0 Å². The number of aryl methyl sites for hydroxylation is 1. The minimum atomic E-state index is 0.443. The molecule has 0 unspecified atom stereocenters. The van der Waals surface area contributed by atoms with Gasteiger partial charge in [-0.15, -0.1) is 0 Å². The van der Waals surface area contributed by atoms with E-state index in [-0.39, 0.29) is 0 Å². The second kappa shape index (κ2) is 8.41. The van der Waals surface area contributed by atoms with E-state index in [1.54, 1.807) is 0 Å². The van der Waals surface area contributed by atoms with Gasteiger partial charge in [0.25, 0.3) is 0 Å². The molecule has 0 bridgehead atoms. The molecule has 0 radical (unpaired) electrons. The number of hydrogen-bond acceptors (Lipinski definition) is 2. The van der Waals surface area contributed by atoms with Crippen molar-refractivity contribution < 1.29 is 4.74 Å². The molecule has 0 spiro atoms. The van der Waals surface area contributed by atoms with Crippen LogP contribution in [-0.2, 0) is 13.2 Å². The van der Waals surface area contributed by atoms with Crippen LogP contribution in [-0.4, -0.2) is 0 Å². The average molecular weight is 417 g/mol. The first kappa shape index (κ1) is 17.8. The third-order valence-corrected chi connectivity index (χ3v) is 4.73. The van der Waals surface area contributed by atoms with Crippen molar-refractivity contribution in [2.75, 3.05) is 5.32 Å². The van der Waals surface area contributed by atoms with Gasteiger partial charge < -0.3 is 10.1 Å². The van der Waals surface area contributed by atoms with Crippen LogP contribution in [0.15, 0.2) is 71.2 Å². The lowest BCUT2D eigenvalue weighted by Crippen LogP contribution is -2.04. The van der Waals surface area contributed by atoms with Crippen molar-refractivity contribution in [2.45, 2.75) is 20.1 Å². The maximum atomic E-state index is 6.21. The van der Waals surface area contributed by atoms with Crippen molar-refractivity contribution in [1.29, 1.82) is 0 Å². The third kappa shape index (κ3) is 5.00. The highest BCUT2D eigenvalue weighted by Gasteiger charge is 2.07. The van der Waals surface area contributed by atoms with Gasteiger partial charge >= 0.3 is 0 Å². The Kier molecular flexibility index (Phi) is 6.00. The molecule has 128 valence electrons. The molecule has 25 heavy (non-hydrogen) atoms. The minimum absolute atomic E-state index is 0.443. The fraction of sp³-hybridized carbons (Fsp3) is 0.143. The summed E-state index contributed by atoms with van der Waals surface area (Å²) >= 11 is 9.75. The van der Waals surface area contributed by atoms with E-state index in [0.29, 0.717) is 13.2 Å². The first-order valence-electron chi connectivity index (χ1n) is 8.07. The van der Waals surface area contributed by atoms with Gasteiger partial charge in [0, 0.05) is 32.9 Å². The number of ether oxygens (including phenoxy) is 1. The van der Waals surface area contributed by atoms with Gasteiger partial charge in [-0.05, 0) is 48.9 Å². The van der Waals surface area contributed by atoms with Crippen LogP contribution in [0.3, 0.4) is 0 Å². The number of halogens is 2. The van der Waals surface area contributed by atoms with E-state index in [4.69, 9.17) is 16.3 Å². The van der Waals surface area contributed by atoms with Crippen LogP contribution in [0.2, 0.25) is 5.02 Å². The lowest BCUT2D eigenvalue weighted by atomic mass is 10.1. The standard InChI is InChI=1S/C21H19BrClNO/c1-15-5-4-7-19(11-15)24-13-17-12-18(22)9-10-21(17)25-14-16-6-2-3-8-20(16)23/h2-12,24H,13-14H2,1H3. The molecule has 0 atom stereocenters. The van der Waals surface area contributed by atoms with Crippen LogP contribution in [0, 0.1) is 6.92 Å². The summed E-state index contributed by atoms with van der Waals surface area (Å²) in [5.41, 5.74) is 4.39. The normalized spacial score (nSPS) is 10.5. The lowest BCUT2D eigenvalue weighted by molar-refractivity contribution is 0.303. The van der Waals surface area contributed by atoms with E-state index in [9.17, 15) is 0 Å². The van der Waals surface area contributed by atoms with Crippen LogP contribution in [0.1, 0.15) is 16.7 Å². The van der Waals surface area contributed by atoms with Crippen LogP contribution >= 0.6 is 27.5 Å². The molecule has 0 heterocycles. The van der Waals surface area contributed by atoms with Gasteiger partial charge in [-0.3, -0.25) is 0 Å². The minimum Gasteiger partial charge on any atom is -0.488 e. The van der Waals surface area contributed by atoms with E-state index in [0.717, 1.165) is 32.1 Å². The Hall–Kier alpha value is -1.97. The molecular weight excluding hydrogens is 398 g/mol. The predicted octanol–water partition coefficient (Wildman–Crippen LogP) is 6.60. The molecule has 3 rings (SSSR count). The summed E-state index contributed by atoms with van der Waals surface area (Å²) < 4.78 is 7.05. The molecule has 0 saturated heterocycles. The number of benzene rings is 3. The zero-order chi connectivity index (χ0) is 17.6. The molecule has 1 N–H and O–H groups in total. The van der Waals surface area contributed by atoms with Gasteiger partial charge in [0.05, 0.1) is 0 Å². The second-order valence-corrected chi connectivity index (χ2v) is 7.18. The topological polar surface area (TPSA) is 21.3 Å². The monoisotopic (exact) mass is 415 g/mol. The quantitative estimate of drug-likeness (QED) is 0.488. The van der Waals surface area contributed by atoms with E-state index < -0.39 is 0 Å². The Bertz CT molecular complexity index is 866. The van der Waals surface area contributed by atoms with E-state index in [1.165, 1.54) is 5.56 Å². The van der Waals surface area contributed by atoms with Crippen LogP contribution < -0.4 is 10.1 Å². The Morgan fingerprint density at radius 3 is 2.60 bits per heavy atom. The van der Waals surface area contributed by atoms with Crippen molar-refractivity contribution in [2.24, 2.45) is 0 Å². The molecule has 0 aliphatic heterocycles. The SMILES string of the molecule is Cc1cccc(NCc2cc(Br)ccc2OCc2ccccc2Cl)c1. The Morgan fingerprint density at radius 1 is 0.960 bits per heavy atom. The Morgan fingerprint density at radius 2 is 1.80 bits per heavy atom. The maximum absolute atomic E-state index is 6.21. The summed E-state index contributed by atoms with van der Waals surface area (Å²) in [5.74, 6) is 0.850. The maximum Gasteiger partial charge on any atom is 0.124 e. The van der Waals surface area contributed by atoms with Gasteiger partial charge in [-0.1, -0.05) is 57.9 Å². The molecule has 2 nitrogen and oxygen atoms in total. The zero-order valence-corrected chi connectivity index (χ0v) is 16.3. The van der Waals surface area contributed by atoms with Crippen LogP contribution in [0.25, 0.3) is 0 Å². The number of anilines is 1. The molecule has 3 aromatic rings. The van der Waals surface area contributed by atoms with Crippen molar-refractivity contribution in [1.82, 2.24) is 0 Å².